The smallest absolute Gasteiger partial charge is 0.290 e. The van der Waals surface area contributed by atoms with E-state index in [-0.39, 0.29) is 24.8 Å². The van der Waals surface area contributed by atoms with Crippen LogP contribution >= 0.6 is 0 Å². The molecule has 126 valence electrons. The van der Waals surface area contributed by atoms with Gasteiger partial charge in [0.2, 0.25) is 5.91 Å². The van der Waals surface area contributed by atoms with Crippen molar-refractivity contribution in [3.63, 3.8) is 0 Å². The average molecular weight is 321 g/mol. The lowest BCUT2D eigenvalue weighted by molar-refractivity contribution is -0.123. The number of fused-ring (bicyclic) bond motifs is 1. The number of rotatable bonds is 4. The van der Waals surface area contributed by atoms with E-state index >= 15 is 0 Å². The molecule has 0 aliphatic carbocycles. The molecule has 0 saturated heterocycles. The van der Waals surface area contributed by atoms with Gasteiger partial charge < -0.3 is 20.2 Å². The molecule has 1 aromatic rings. The van der Waals surface area contributed by atoms with E-state index < -0.39 is 0 Å². The molecule has 1 heterocycles. The monoisotopic (exact) mass is 321 g/mol. The third-order valence-electron chi connectivity index (χ3n) is 3.44. The molecule has 1 aliphatic heterocycles. The van der Waals surface area contributed by atoms with Gasteiger partial charge in [-0.2, -0.15) is 0 Å². The zero-order chi connectivity index (χ0) is 17.4. The highest BCUT2D eigenvalue weighted by atomic mass is 16.3. The molecule has 1 aliphatic rings. The standard InChI is InChI=1S/C15H21N3O2.CH2O2/c1-4-11-5-6-13-12(9-11)15(20)18(8-7-17(2)3)10-14(19)16-13;2-1-3/h5-6,9H,4,7-8,10H2,1-3H3,(H,16,19);1H,(H,2,3). The second-order valence-corrected chi connectivity index (χ2v) is 5.42. The van der Waals surface area contributed by atoms with Crippen LogP contribution < -0.4 is 5.32 Å². The summed E-state index contributed by atoms with van der Waals surface area (Å²) < 4.78 is 0. The van der Waals surface area contributed by atoms with Gasteiger partial charge in [0, 0.05) is 13.1 Å². The van der Waals surface area contributed by atoms with Gasteiger partial charge in [-0.25, -0.2) is 0 Å². The Hall–Kier alpha value is -2.41. The molecule has 0 radical (unpaired) electrons. The van der Waals surface area contributed by atoms with Crippen LogP contribution in [0.5, 0.6) is 0 Å². The van der Waals surface area contributed by atoms with Gasteiger partial charge in [0.05, 0.1) is 11.3 Å². The van der Waals surface area contributed by atoms with Crippen molar-refractivity contribution >= 4 is 24.0 Å². The molecule has 2 N–H and O–H groups in total. The van der Waals surface area contributed by atoms with E-state index in [2.05, 4.69) is 5.32 Å². The summed E-state index contributed by atoms with van der Waals surface area (Å²) in [4.78, 5) is 36.4. The Morgan fingerprint density at radius 1 is 1.35 bits per heavy atom. The summed E-state index contributed by atoms with van der Waals surface area (Å²) in [6.45, 7) is 3.20. The van der Waals surface area contributed by atoms with Crippen molar-refractivity contribution in [1.82, 2.24) is 9.80 Å². The molecule has 2 rings (SSSR count). The highest BCUT2D eigenvalue weighted by Crippen LogP contribution is 2.22. The molecule has 7 nitrogen and oxygen atoms in total. The van der Waals surface area contributed by atoms with E-state index in [4.69, 9.17) is 9.90 Å². The van der Waals surface area contributed by atoms with Crippen LogP contribution in [0.2, 0.25) is 0 Å². The Morgan fingerprint density at radius 2 is 2.00 bits per heavy atom. The second-order valence-electron chi connectivity index (χ2n) is 5.42. The number of hydrogen-bond donors (Lipinski definition) is 2. The Morgan fingerprint density at radius 3 is 2.57 bits per heavy atom. The van der Waals surface area contributed by atoms with Crippen molar-refractivity contribution in [3.8, 4) is 0 Å². The highest BCUT2D eigenvalue weighted by Gasteiger charge is 2.26. The maximum atomic E-state index is 12.6. The first kappa shape index (κ1) is 18.6. The number of anilines is 1. The summed E-state index contributed by atoms with van der Waals surface area (Å²) in [7, 11) is 3.90. The van der Waals surface area contributed by atoms with Gasteiger partial charge in [0.1, 0.15) is 6.54 Å². The summed E-state index contributed by atoms with van der Waals surface area (Å²) in [5.74, 6) is -0.212. The van der Waals surface area contributed by atoms with Crippen molar-refractivity contribution in [1.29, 1.82) is 0 Å². The van der Waals surface area contributed by atoms with Crippen LogP contribution in [0.1, 0.15) is 22.8 Å². The lowest BCUT2D eigenvalue weighted by Gasteiger charge is -2.21. The van der Waals surface area contributed by atoms with E-state index in [0.717, 1.165) is 18.5 Å². The van der Waals surface area contributed by atoms with Crippen molar-refractivity contribution in [2.75, 3.05) is 39.0 Å². The first-order chi connectivity index (χ1) is 10.9. The van der Waals surface area contributed by atoms with Crippen LogP contribution in [0.15, 0.2) is 18.2 Å². The first-order valence-electron chi connectivity index (χ1n) is 7.37. The quantitative estimate of drug-likeness (QED) is 0.805. The van der Waals surface area contributed by atoms with Gasteiger partial charge in [-0.3, -0.25) is 14.4 Å². The SMILES string of the molecule is CCc1ccc2c(c1)C(=O)N(CCN(C)C)CC(=O)N2.O=CO. The number of nitrogens with one attached hydrogen (secondary N) is 1. The number of carboxylic acid groups (broad SMARTS) is 1. The predicted molar refractivity (Wildman–Crippen MR) is 87.6 cm³/mol. The lowest BCUT2D eigenvalue weighted by Crippen LogP contribution is -2.39. The zero-order valence-electron chi connectivity index (χ0n) is 13.7. The summed E-state index contributed by atoms with van der Waals surface area (Å²) in [5.41, 5.74) is 2.30. The van der Waals surface area contributed by atoms with Crippen LogP contribution in [0.4, 0.5) is 5.69 Å². The number of carbonyl (C=O) groups excluding carboxylic acids is 2. The number of amides is 2. The van der Waals surface area contributed by atoms with Gasteiger partial charge in [-0.05, 0) is 38.2 Å². The lowest BCUT2D eigenvalue weighted by atomic mass is 10.1. The molecule has 0 aromatic heterocycles. The molecular weight excluding hydrogens is 298 g/mol. The molecule has 2 amide bonds. The van der Waals surface area contributed by atoms with E-state index in [1.807, 2.05) is 44.1 Å². The van der Waals surface area contributed by atoms with Gasteiger partial charge in [-0.1, -0.05) is 13.0 Å². The van der Waals surface area contributed by atoms with Gasteiger partial charge in [-0.15, -0.1) is 0 Å². The zero-order valence-corrected chi connectivity index (χ0v) is 13.7. The summed E-state index contributed by atoms with van der Waals surface area (Å²) in [5, 5.41) is 9.70. The first-order valence-corrected chi connectivity index (χ1v) is 7.37. The van der Waals surface area contributed by atoms with Gasteiger partial charge >= 0.3 is 0 Å². The predicted octanol–water partition coefficient (Wildman–Crippen LogP) is 0.906. The van der Waals surface area contributed by atoms with Crippen LogP contribution in [0, 0.1) is 0 Å². The van der Waals surface area contributed by atoms with E-state index in [1.54, 1.807) is 4.90 Å². The van der Waals surface area contributed by atoms with Crippen molar-refractivity contribution in [2.24, 2.45) is 0 Å². The normalized spacial score (nSPS) is 13.7. The molecule has 0 fully saturated rings. The van der Waals surface area contributed by atoms with Crippen LogP contribution in [-0.4, -0.2) is 66.9 Å². The van der Waals surface area contributed by atoms with Crippen molar-refractivity contribution in [2.45, 2.75) is 13.3 Å². The average Bonchev–Trinajstić information content (AvgIpc) is 2.62. The Balaban J connectivity index is 0.000000816. The minimum Gasteiger partial charge on any atom is -0.483 e. The Labute approximate surface area is 135 Å². The largest absolute Gasteiger partial charge is 0.483 e. The van der Waals surface area contributed by atoms with Crippen LogP contribution in [0.25, 0.3) is 0 Å². The molecule has 0 unspecified atom stereocenters. The number of hydrogen-bond acceptors (Lipinski definition) is 4. The number of likely N-dealkylation sites (N-methyl/N-ethyl adjacent to an activating group) is 1. The maximum Gasteiger partial charge on any atom is 0.290 e. The number of aryl methyl sites for hydroxylation is 1. The fraction of sp³-hybridized carbons (Fsp3) is 0.438. The van der Waals surface area contributed by atoms with E-state index in [9.17, 15) is 9.59 Å². The minimum absolute atomic E-state index is 0.0736. The van der Waals surface area contributed by atoms with Gasteiger partial charge in [0.15, 0.2) is 0 Å². The molecule has 0 atom stereocenters. The number of nitrogens with zero attached hydrogens (tertiary/aromatic N) is 2. The summed E-state index contributed by atoms with van der Waals surface area (Å²) in [6, 6.07) is 5.65. The van der Waals surface area contributed by atoms with Crippen molar-refractivity contribution < 1.29 is 19.5 Å². The third kappa shape index (κ3) is 5.37. The van der Waals surface area contributed by atoms with Crippen LogP contribution in [0.3, 0.4) is 0 Å². The fourth-order valence-corrected chi connectivity index (χ4v) is 2.20. The number of carbonyl (C=O) groups is 3. The third-order valence-corrected chi connectivity index (χ3v) is 3.44. The minimum atomic E-state index is -0.250. The highest BCUT2D eigenvalue weighted by molar-refractivity contribution is 6.08. The fourth-order valence-electron chi connectivity index (χ4n) is 2.20. The van der Waals surface area contributed by atoms with E-state index in [1.165, 1.54) is 0 Å². The summed E-state index contributed by atoms with van der Waals surface area (Å²) >= 11 is 0. The van der Waals surface area contributed by atoms with Crippen molar-refractivity contribution in [3.05, 3.63) is 29.3 Å². The van der Waals surface area contributed by atoms with Crippen LogP contribution in [-0.2, 0) is 16.0 Å². The molecule has 1 aromatic carbocycles. The van der Waals surface area contributed by atoms with Gasteiger partial charge in [0.25, 0.3) is 12.4 Å². The molecule has 0 bridgehead atoms. The second kappa shape index (κ2) is 8.89. The molecular formula is C16H23N3O4. The summed E-state index contributed by atoms with van der Waals surface area (Å²) in [6.07, 6.45) is 0.867. The molecule has 7 heteroatoms. The van der Waals surface area contributed by atoms with E-state index in [0.29, 0.717) is 17.8 Å². The molecule has 0 saturated carbocycles. The Bertz CT molecular complexity index is 572. The topological polar surface area (TPSA) is 90.0 Å². The molecule has 0 spiro atoms. The number of benzene rings is 1. The maximum absolute atomic E-state index is 12.6. The molecule has 23 heavy (non-hydrogen) atoms. The Kier molecular flexibility index (Phi) is 7.21.